The molecule has 7 nitrogen and oxygen atoms in total. The standard InChI is InChI=1S/C24H19N3O4S/c1-12-13(2)32-24(21(12)22(25)28)27-23(29)16-10-18(26-17-6-4-3-5-15(16)17)14-7-8-19-20(9-14)31-11-30-19/h3-10H,11H2,1-2H3,(H2,25,28)(H,27,29). The Balaban J connectivity index is 1.60. The molecule has 2 amide bonds. The second-order valence-corrected chi connectivity index (χ2v) is 8.67. The van der Waals surface area contributed by atoms with Gasteiger partial charge in [0.2, 0.25) is 6.79 Å². The number of rotatable bonds is 4. The highest BCUT2D eigenvalue weighted by atomic mass is 32.1. The Hall–Kier alpha value is -3.91. The van der Waals surface area contributed by atoms with Gasteiger partial charge in [0.1, 0.15) is 5.00 Å². The van der Waals surface area contributed by atoms with E-state index in [1.165, 1.54) is 11.3 Å². The molecule has 3 N–H and O–H groups in total. The number of pyridine rings is 1. The Morgan fingerprint density at radius 3 is 2.66 bits per heavy atom. The Morgan fingerprint density at radius 1 is 1.06 bits per heavy atom. The summed E-state index contributed by atoms with van der Waals surface area (Å²) in [6.45, 7) is 3.89. The van der Waals surface area contributed by atoms with Crippen LogP contribution < -0.4 is 20.5 Å². The molecule has 0 atom stereocenters. The molecule has 0 bridgehead atoms. The average Bonchev–Trinajstić information content (AvgIpc) is 3.36. The van der Waals surface area contributed by atoms with E-state index in [4.69, 9.17) is 20.2 Å². The summed E-state index contributed by atoms with van der Waals surface area (Å²) in [6, 6.07) is 14.7. The van der Waals surface area contributed by atoms with Crippen LogP contribution in [0.3, 0.4) is 0 Å². The van der Waals surface area contributed by atoms with Gasteiger partial charge in [-0.25, -0.2) is 4.98 Å². The van der Waals surface area contributed by atoms with E-state index in [9.17, 15) is 9.59 Å². The maximum atomic E-state index is 13.4. The van der Waals surface area contributed by atoms with E-state index in [1.54, 1.807) is 6.07 Å². The normalized spacial score (nSPS) is 12.2. The molecular weight excluding hydrogens is 426 g/mol. The molecule has 2 aromatic carbocycles. The smallest absolute Gasteiger partial charge is 0.257 e. The van der Waals surface area contributed by atoms with Gasteiger partial charge in [-0.1, -0.05) is 18.2 Å². The third-order valence-electron chi connectivity index (χ3n) is 5.49. The van der Waals surface area contributed by atoms with Crippen LogP contribution in [0.25, 0.3) is 22.2 Å². The minimum Gasteiger partial charge on any atom is -0.454 e. The number of aryl methyl sites for hydroxylation is 1. The van der Waals surface area contributed by atoms with Crippen molar-refractivity contribution in [1.29, 1.82) is 0 Å². The van der Waals surface area contributed by atoms with Gasteiger partial charge >= 0.3 is 0 Å². The number of anilines is 1. The maximum Gasteiger partial charge on any atom is 0.257 e. The summed E-state index contributed by atoms with van der Waals surface area (Å²) in [7, 11) is 0. The van der Waals surface area contributed by atoms with Crippen molar-refractivity contribution >= 4 is 39.1 Å². The molecule has 4 aromatic rings. The third kappa shape index (κ3) is 3.34. The fraction of sp³-hybridized carbons (Fsp3) is 0.125. The van der Waals surface area contributed by atoms with Crippen molar-refractivity contribution in [3.63, 3.8) is 0 Å². The van der Waals surface area contributed by atoms with Crippen molar-refractivity contribution in [3.05, 3.63) is 70.1 Å². The zero-order chi connectivity index (χ0) is 22.4. The highest BCUT2D eigenvalue weighted by molar-refractivity contribution is 7.16. The molecule has 0 saturated heterocycles. The summed E-state index contributed by atoms with van der Waals surface area (Å²) < 4.78 is 10.9. The van der Waals surface area contributed by atoms with Crippen LogP contribution in [0.2, 0.25) is 0 Å². The second kappa shape index (κ2) is 7.65. The minimum atomic E-state index is -0.567. The van der Waals surface area contributed by atoms with Gasteiger partial charge in [0.05, 0.1) is 22.3 Å². The Bertz CT molecular complexity index is 1410. The fourth-order valence-electron chi connectivity index (χ4n) is 3.75. The number of para-hydroxylation sites is 1. The van der Waals surface area contributed by atoms with Crippen LogP contribution in [0.4, 0.5) is 5.00 Å². The summed E-state index contributed by atoms with van der Waals surface area (Å²) in [4.78, 5) is 31.0. The molecule has 1 aliphatic rings. The largest absolute Gasteiger partial charge is 0.454 e. The first-order valence-electron chi connectivity index (χ1n) is 9.93. The van der Waals surface area contributed by atoms with E-state index in [2.05, 4.69) is 5.32 Å². The lowest BCUT2D eigenvalue weighted by Gasteiger charge is -2.11. The van der Waals surface area contributed by atoms with E-state index in [1.807, 2.05) is 56.3 Å². The number of amides is 2. The molecule has 0 radical (unpaired) electrons. The zero-order valence-electron chi connectivity index (χ0n) is 17.4. The SMILES string of the molecule is Cc1sc(NC(=O)c2cc(-c3ccc4c(c3)OCO4)nc3ccccc23)c(C(N)=O)c1C. The van der Waals surface area contributed by atoms with Gasteiger partial charge in [-0.2, -0.15) is 0 Å². The van der Waals surface area contributed by atoms with Crippen LogP contribution in [-0.4, -0.2) is 23.6 Å². The van der Waals surface area contributed by atoms with Gasteiger partial charge < -0.3 is 20.5 Å². The number of primary amides is 1. The summed E-state index contributed by atoms with van der Waals surface area (Å²) in [5.41, 5.74) is 9.24. The Labute approximate surface area is 187 Å². The first-order valence-corrected chi connectivity index (χ1v) is 10.7. The highest BCUT2D eigenvalue weighted by Gasteiger charge is 2.22. The molecule has 0 fully saturated rings. The van der Waals surface area contributed by atoms with Gasteiger partial charge in [-0.3, -0.25) is 9.59 Å². The quantitative estimate of drug-likeness (QED) is 0.475. The number of thiophene rings is 1. The lowest BCUT2D eigenvalue weighted by molar-refractivity contribution is 0.100. The topological polar surface area (TPSA) is 104 Å². The number of hydrogen-bond donors (Lipinski definition) is 2. The van der Waals surface area contributed by atoms with Crippen LogP contribution in [-0.2, 0) is 0 Å². The van der Waals surface area contributed by atoms with Gasteiger partial charge in [-0.15, -0.1) is 11.3 Å². The molecule has 0 spiro atoms. The summed E-state index contributed by atoms with van der Waals surface area (Å²) >= 11 is 1.33. The molecule has 0 unspecified atom stereocenters. The fourth-order valence-corrected chi connectivity index (χ4v) is 4.81. The minimum absolute atomic E-state index is 0.180. The number of nitrogens with two attached hydrogens (primary N) is 1. The van der Waals surface area contributed by atoms with Crippen LogP contribution in [0.15, 0.2) is 48.5 Å². The second-order valence-electron chi connectivity index (χ2n) is 7.45. The molecule has 5 rings (SSSR count). The molecule has 32 heavy (non-hydrogen) atoms. The van der Waals surface area contributed by atoms with E-state index in [0.29, 0.717) is 44.2 Å². The molecule has 0 aliphatic carbocycles. The molecule has 1 aliphatic heterocycles. The monoisotopic (exact) mass is 445 g/mol. The van der Waals surface area contributed by atoms with Crippen molar-refractivity contribution in [2.24, 2.45) is 5.73 Å². The number of carbonyl (C=O) groups is 2. The van der Waals surface area contributed by atoms with E-state index in [0.717, 1.165) is 16.0 Å². The maximum absolute atomic E-state index is 13.4. The van der Waals surface area contributed by atoms with Crippen LogP contribution in [0.1, 0.15) is 31.2 Å². The van der Waals surface area contributed by atoms with Crippen molar-refractivity contribution in [2.75, 3.05) is 12.1 Å². The van der Waals surface area contributed by atoms with Crippen molar-refractivity contribution in [1.82, 2.24) is 4.98 Å². The van der Waals surface area contributed by atoms with E-state index < -0.39 is 5.91 Å². The number of fused-ring (bicyclic) bond motifs is 2. The number of benzene rings is 2. The predicted octanol–water partition coefficient (Wildman–Crippen LogP) is 4.66. The molecule has 2 aromatic heterocycles. The van der Waals surface area contributed by atoms with Crippen LogP contribution in [0, 0.1) is 13.8 Å². The summed E-state index contributed by atoms with van der Waals surface area (Å²) in [5, 5.41) is 4.04. The number of hydrogen-bond acceptors (Lipinski definition) is 6. The number of carbonyl (C=O) groups excluding carboxylic acids is 2. The zero-order valence-corrected chi connectivity index (χ0v) is 18.2. The number of nitrogens with one attached hydrogen (secondary N) is 1. The first-order chi connectivity index (χ1) is 15.4. The van der Waals surface area contributed by atoms with Crippen molar-refractivity contribution < 1.29 is 19.1 Å². The van der Waals surface area contributed by atoms with Gasteiger partial charge in [0.15, 0.2) is 11.5 Å². The van der Waals surface area contributed by atoms with Gasteiger partial charge in [0, 0.05) is 15.8 Å². The van der Waals surface area contributed by atoms with Gasteiger partial charge in [0.25, 0.3) is 11.8 Å². The molecule has 3 heterocycles. The Kier molecular flexibility index (Phi) is 4.79. The number of nitrogens with zero attached hydrogens (tertiary/aromatic N) is 1. The van der Waals surface area contributed by atoms with Crippen molar-refractivity contribution in [3.8, 4) is 22.8 Å². The molecule has 160 valence electrons. The van der Waals surface area contributed by atoms with E-state index >= 15 is 0 Å². The van der Waals surface area contributed by atoms with E-state index in [-0.39, 0.29) is 12.7 Å². The third-order valence-corrected chi connectivity index (χ3v) is 6.61. The number of ether oxygens (including phenoxy) is 2. The lowest BCUT2D eigenvalue weighted by Crippen LogP contribution is -2.18. The molecular formula is C24H19N3O4S. The first kappa shape index (κ1) is 20.0. The summed E-state index contributed by atoms with van der Waals surface area (Å²) in [5.74, 6) is 0.408. The Morgan fingerprint density at radius 2 is 1.84 bits per heavy atom. The predicted molar refractivity (Wildman–Crippen MR) is 124 cm³/mol. The van der Waals surface area contributed by atoms with Crippen LogP contribution in [0.5, 0.6) is 11.5 Å². The lowest BCUT2D eigenvalue weighted by atomic mass is 10.0. The van der Waals surface area contributed by atoms with Crippen LogP contribution >= 0.6 is 11.3 Å². The van der Waals surface area contributed by atoms with Gasteiger partial charge in [-0.05, 0) is 49.7 Å². The number of aromatic nitrogens is 1. The average molecular weight is 446 g/mol. The summed E-state index contributed by atoms with van der Waals surface area (Å²) in [6.07, 6.45) is 0. The molecule has 8 heteroatoms. The molecule has 0 saturated carbocycles. The van der Waals surface area contributed by atoms with Crippen molar-refractivity contribution in [2.45, 2.75) is 13.8 Å². The highest BCUT2D eigenvalue weighted by Crippen LogP contribution is 2.37.